The van der Waals surface area contributed by atoms with E-state index in [2.05, 4.69) is 34.5 Å². The number of aliphatic hydroxyl groups is 1. The summed E-state index contributed by atoms with van der Waals surface area (Å²) in [4.78, 5) is 2.36. The maximum atomic E-state index is 10.3. The number of morpholine rings is 1. The van der Waals surface area contributed by atoms with Crippen LogP contribution in [0.15, 0.2) is 48.5 Å². The summed E-state index contributed by atoms with van der Waals surface area (Å²) in [7, 11) is 1.64. The molecular formula is C20H26N2O3. The Labute approximate surface area is 149 Å². The Kier molecular flexibility index (Phi) is 6.28. The number of nitrogens with zero attached hydrogens (tertiary/aromatic N) is 1. The maximum Gasteiger partial charge on any atom is 0.118 e. The van der Waals surface area contributed by atoms with Gasteiger partial charge in [-0.3, -0.25) is 0 Å². The molecule has 2 N–H and O–H groups in total. The largest absolute Gasteiger partial charge is 0.497 e. The first kappa shape index (κ1) is 17.7. The van der Waals surface area contributed by atoms with Crippen LogP contribution in [0.2, 0.25) is 0 Å². The van der Waals surface area contributed by atoms with Gasteiger partial charge in [0.1, 0.15) is 5.75 Å². The van der Waals surface area contributed by atoms with Gasteiger partial charge < -0.3 is 24.8 Å². The molecule has 1 aliphatic rings. The van der Waals surface area contributed by atoms with E-state index in [9.17, 15) is 5.11 Å². The number of hydrogen-bond donors (Lipinski definition) is 2. The fourth-order valence-corrected chi connectivity index (χ4v) is 3.06. The van der Waals surface area contributed by atoms with Gasteiger partial charge in [-0.05, 0) is 29.3 Å². The van der Waals surface area contributed by atoms with E-state index in [1.807, 2.05) is 24.3 Å². The Morgan fingerprint density at radius 2 is 1.84 bits per heavy atom. The summed E-state index contributed by atoms with van der Waals surface area (Å²) in [5, 5.41) is 13.7. The SMILES string of the molecule is COc1ccc(C(O)CNCc2ccccc2N2CCOCC2)cc1. The zero-order chi connectivity index (χ0) is 17.5. The molecule has 1 saturated heterocycles. The van der Waals surface area contributed by atoms with Gasteiger partial charge in [0.05, 0.1) is 26.4 Å². The van der Waals surface area contributed by atoms with Crippen LogP contribution in [0.25, 0.3) is 0 Å². The lowest BCUT2D eigenvalue weighted by molar-refractivity contribution is 0.122. The van der Waals surface area contributed by atoms with Crippen molar-refractivity contribution in [1.29, 1.82) is 0 Å². The number of para-hydroxylation sites is 1. The van der Waals surface area contributed by atoms with Crippen molar-refractivity contribution in [3.63, 3.8) is 0 Å². The van der Waals surface area contributed by atoms with E-state index in [4.69, 9.17) is 9.47 Å². The summed E-state index contributed by atoms with van der Waals surface area (Å²) in [6.07, 6.45) is -0.540. The van der Waals surface area contributed by atoms with E-state index in [1.54, 1.807) is 7.11 Å². The normalized spacial score (nSPS) is 15.8. The first-order chi connectivity index (χ1) is 12.3. The van der Waals surface area contributed by atoms with E-state index in [0.717, 1.165) is 44.2 Å². The molecule has 0 spiro atoms. The molecule has 1 aliphatic heterocycles. The lowest BCUT2D eigenvalue weighted by Gasteiger charge is -2.30. The average Bonchev–Trinajstić information content (AvgIpc) is 2.69. The topological polar surface area (TPSA) is 54.0 Å². The Bertz CT molecular complexity index is 654. The van der Waals surface area contributed by atoms with E-state index < -0.39 is 6.10 Å². The molecule has 0 aromatic heterocycles. The molecule has 2 aromatic rings. The quantitative estimate of drug-likeness (QED) is 0.809. The van der Waals surface area contributed by atoms with Crippen LogP contribution in [0.5, 0.6) is 5.75 Å². The molecule has 25 heavy (non-hydrogen) atoms. The molecule has 0 amide bonds. The van der Waals surface area contributed by atoms with Gasteiger partial charge in [0.25, 0.3) is 0 Å². The van der Waals surface area contributed by atoms with Gasteiger partial charge in [-0.2, -0.15) is 0 Å². The number of benzene rings is 2. The molecule has 134 valence electrons. The van der Waals surface area contributed by atoms with Crippen molar-refractivity contribution in [2.75, 3.05) is 44.9 Å². The monoisotopic (exact) mass is 342 g/mol. The summed E-state index contributed by atoms with van der Waals surface area (Å²) in [6.45, 7) is 4.62. The molecule has 1 atom stereocenters. The van der Waals surface area contributed by atoms with Gasteiger partial charge in [0, 0.05) is 31.9 Å². The second-order valence-corrected chi connectivity index (χ2v) is 6.15. The number of nitrogens with one attached hydrogen (secondary N) is 1. The van der Waals surface area contributed by atoms with Crippen LogP contribution in [0.1, 0.15) is 17.2 Å². The molecule has 2 aromatic carbocycles. The summed E-state index contributed by atoms with van der Waals surface area (Å²) in [5.74, 6) is 0.795. The number of ether oxygens (including phenoxy) is 2. The molecule has 5 nitrogen and oxygen atoms in total. The lowest BCUT2D eigenvalue weighted by atomic mass is 10.1. The fourth-order valence-electron chi connectivity index (χ4n) is 3.06. The summed E-state index contributed by atoms with van der Waals surface area (Å²) in [6, 6.07) is 15.9. The Morgan fingerprint density at radius 3 is 2.56 bits per heavy atom. The van der Waals surface area contributed by atoms with Gasteiger partial charge in [0.15, 0.2) is 0 Å². The van der Waals surface area contributed by atoms with Crippen molar-refractivity contribution in [3.05, 3.63) is 59.7 Å². The highest BCUT2D eigenvalue weighted by Gasteiger charge is 2.14. The van der Waals surface area contributed by atoms with Crippen molar-refractivity contribution in [1.82, 2.24) is 5.32 Å². The third-order valence-corrected chi connectivity index (χ3v) is 4.50. The standard InChI is InChI=1S/C20H26N2O3/c1-24-18-8-6-16(7-9-18)20(23)15-21-14-17-4-2-3-5-19(17)22-10-12-25-13-11-22/h2-9,20-21,23H,10-15H2,1H3. The Morgan fingerprint density at radius 1 is 1.12 bits per heavy atom. The lowest BCUT2D eigenvalue weighted by Crippen LogP contribution is -2.37. The fraction of sp³-hybridized carbons (Fsp3) is 0.400. The van der Waals surface area contributed by atoms with E-state index in [0.29, 0.717) is 6.54 Å². The van der Waals surface area contributed by atoms with Crippen LogP contribution in [-0.4, -0.2) is 45.1 Å². The third kappa shape index (κ3) is 4.72. The van der Waals surface area contributed by atoms with Crippen LogP contribution in [0, 0.1) is 0 Å². The van der Waals surface area contributed by atoms with Crippen LogP contribution < -0.4 is 15.0 Å². The highest BCUT2D eigenvalue weighted by atomic mass is 16.5. The zero-order valence-corrected chi connectivity index (χ0v) is 14.6. The predicted molar refractivity (Wildman–Crippen MR) is 99.1 cm³/mol. The summed E-state index contributed by atoms with van der Waals surface area (Å²) >= 11 is 0. The van der Waals surface area contributed by atoms with Gasteiger partial charge in [0.2, 0.25) is 0 Å². The molecule has 5 heteroatoms. The molecule has 0 aliphatic carbocycles. The third-order valence-electron chi connectivity index (χ3n) is 4.50. The first-order valence-corrected chi connectivity index (χ1v) is 8.71. The number of aliphatic hydroxyl groups excluding tert-OH is 1. The molecule has 0 saturated carbocycles. The van der Waals surface area contributed by atoms with Gasteiger partial charge >= 0.3 is 0 Å². The van der Waals surface area contributed by atoms with Crippen molar-refractivity contribution >= 4 is 5.69 Å². The molecule has 1 heterocycles. The first-order valence-electron chi connectivity index (χ1n) is 8.71. The Balaban J connectivity index is 1.56. The number of rotatable bonds is 7. The van der Waals surface area contributed by atoms with Crippen LogP contribution in [0.3, 0.4) is 0 Å². The highest BCUT2D eigenvalue weighted by molar-refractivity contribution is 5.53. The molecule has 3 rings (SSSR count). The summed E-state index contributed by atoms with van der Waals surface area (Å²) in [5.41, 5.74) is 3.37. The van der Waals surface area contributed by atoms with Gasteiger partial charge in [-0.25, -0.2) is 0 Å². The number of hydrogen-bond acceptors (Lipinski definition) is 5. The second-order valence-electron chi connectivity index (χ2n) is 6.15. The van der Waals surface area contributed by atoms with Crippen molar-refractivity contribution in [3.8, 4) is 5.75 Å². The van der Waals surface area contributed by atoms with Crippen molar-refractivity contribution in [2.24, 2.45) is 0 Å². The van der Waals surface area contributed by atoms with E-state index in [-0.39, 0.29) is 0 Å². The minimum Gasteiger partial charge on any atom is -0.497 e. The maximum absolute atomic E-state index is 10.3. The predicted octanol–water partition coefficient (Wildman–Crippen LogP) is 2.36. The summed E-state index contributed by atoms with van der Waals surface area (Å²) < 4.78 is 10.6. The molecular weight excluding hydrogens is 316 g/mol. The minimum atomic E-state index is -0.540. The molecule has 0 radical (unpaired) electrons. The molecule has 0 bridgehead atoms. The zero-order valence-electron chi connectivity index (χ0n) is 14.6. The average molecular weight is 342 g/mol. The van der Waals surface area contributed by atoms with Crippen LogP contribution in [0.4, 0.5) is 5.69 Å². The molecule has 1 fully saturated rings. The van der Waals surface area contributed by atoms with Crippen LogP contribution >= 0.6 is 0 Å². The van der Waals surface area contributed by atoms with Crippen molar-refractivity contribution in [2.45, 2.75) is 12.6 Å². The number of anilines is 1. The molecule has 1 unspecified atom stereocenters. The van der Waals surface area contributed by atoms with Crippen molar-refractivity contribution < 1.29 is 14.6 Å². The van der Waals surface area contributed by atoms with E-state index in [1.165, 1.54) is 11.3 Å². The Hall–Kier alpha value is -2.08. The number of methoxy groups -OCH3 is 1. The second kappa shape index (κ2) is 8.85. The van der Waals surface area contributed by atoms with Gasteiger partial charge in [-0.15, -0.1) is 0 Å². The van der Waals surface area contributed by atoms with Crippen LogP contribution in [-0.2, 0) is 11.3 Å². The smallest absolute Gasteiger partial charge is 0.118 e. The minimum absolute atomic E-state index is 0.504. The van der Waals surface area contributed by atoms with Gasteiger partial charge in [-0.1, -0.05) is 30.3 Å². The highest BCUT2D eigenvalue weighted by Crippen LogP contribution is 2.22. The van der Waals surface area contributed by atoms with E-state index >= 15 is 0 Å².